The Morgan fingerprint density at radius 2 is 1.94 bits per heavy atom. The number of ether oxygens (including phenoxy) is 2. The van der Waals surface area contributed by atoms with Crippen molar-refractivity contribution in [1.82, 2.24) is 0 Å². The summed E-state index contributed by atoms with van der Waals surface area (Å²) in [5.41, 5.74) is 6.59. The monoisotopic (exact) mass is 237 g/mol. The lowest BCUT2D eigenvalue weighted by Crippen LogP contribution is -1.99. The van der Waals surface area contributed by atoms with Gasteiger partial charge in [-0.2, -0.15) is 0 Å². The van der Waals surface area contributed by atoms with Gasteiger partial charge in [-0.05, 0) is 37.1 Å². The zero-order valence-electron chi connectivity index (χ0n) is 10.7. The Labute approximate surface area is 104 Å². The molecule has 0 fully saturated rings. The minimum absolute atomic E-state index is 0.661. The first-order valence-electron chi connectivity index (χ1n) is 6.27. The number of methoxy groups -OCH3 is 1. The van der Waals surface area contributed by atoms with E-state index in [1.54, 1.807) is 7.11 Å². The molecule has 0 saturated carbocycles. The summed E-state index contributed by atoms with van der Waals surface area (Å²) >= 11 is 0. The lowest BCUT2D eigenvalue weighted by atomic mass is 10.2. The molecule has 3 nitrogen and oxygen atoms in total. The minimum atomic E-state index is 0.661. The number of nitrogens with two attached hydrogens (primary N) is 1. The van der Waals surface area contributed by atoms with Gasteiger partial charge in [0.05, 0.1) is 13.7 Å². The fraction of sp³-hybridized carbons (Fsp3) is 0.571. The Morgan fingerprint density at radius 3 is 2.71 bits per heavy atom. The molecule has 17 heavy (non-hydrogen) atoms. The highest BCUT2D eigenvalue weighted by Crippen LogP contribution is 2.13. The zero-order chi connectivity index (χ0) is 12.3. The second-order valence-electron chi connectivity index (χ2n) is 4.11. The van der Waals surface area contributed by atoms with E-state index in [-0.39, 0.29) is 0 Å². The molecule has 0 atom stereocenters. The molecule has 1 rings (SSSR count). The molecule has 0 saturated heterocycles. The topological polar surface area (TPSA) is 44.5 Å². The molecule has 0 amide bonds. The minimum Gasteiger partial charge on any atom is -0.497 e. The summed E-state index contributed by atoms with van der Waals surface area (Å²) in [5.74, 6) is 0.883. The maximum Gasteiger partial charge on any atom is 0.119 e. The smallest absolute Gasteiger partial charge is 0.119 e. The Kier molecular flexibility index (Phi) is 7.43. The molecule has 1 aromatic carbocycles. The van der Waals surface area contributed by atoms with Crippen LogP contribution in [0.2, 0.25) is 0 Å². The van der Waals surface area contributed by atoms with Crippen LogP contribution in [0.1, 0.15) is 31.2 Å². The van der Waals surface area contributed by atoms with Gasteiger partial charge in [0, 0.05) is 6.61 Å². The van der Waals surface area contributed by atoms with Crippen LogP contribution in [0.15, 0.2) is 24.3 Å². The molecule has 0 spiro atoms. The van der Waals surface area contributed by atoms with Gasteiger partial charge in [-0.3, -0.25) is 0 Å². The number of benzene rings is 1. The van der Waals surface area contributed by atoms with Gasteiger partial charge in [-0.25, -0.2) is 0 Å². The SMILES string of the molecule is COc1cccc(COCCCCCCN)c1. The van der Waals surface area contributed by atoms with E-state index in [0.29, 0.717) is 6.61 Å². The van der Waals surface area contributed by atoms with Gasteiger partial charge in [-0.15, -0.1) is 0 Å². The van der Waals surface area contributed by atoms with Crippen LogP contribution in [0.3, 0.4) is 0 Å². The van der Waals surface area contributed by atoms with Crippen molar-refractivity contribution < 1.29 is 9.47 Å². The van der Waals surface area contributed by atoms with Crippen LogP contribution >= 0.6 is 0 Å². The summed E-state index contributed by atoms with van der Waals surface area (Å²) in [7, 11) is 1.68. The standard InChI is InChI=1S/C14H23NO2/c1-16-14-8-6-7-13(11-14)12-17-10-5-3-2-4-9-15/h6-8,11H,2-5,9-10,12,15H2,1H3. The number of rotatable bonds is 9. The van der Waals surface area contributed by atoms with Gasteiger partial charge in [-0.1, -0.05) is 25.0 Å². The zero-order valence-corrected chi connectivity index (χ0v) is 10.7. The van der Waals surface area contributed by atoms with Crippen molar-refractivity contribution in [3.8, 4) is 5.75 Å². The van der Waals surface area contributed by atoms with Crippen LogP contribution in [0.25, 0.3) is 0 Å². The Bertz CT molecular complexity index is 302. The van der Waals surface area contributed by atoms with Crippen LogP contribution < -0.4 is 10.5 Å². The van der Waals surface area contributed by atoms with Gasteiger partial charge in [0.1, 0.15) is 5.75 Å². The van der Waals surface area contributed by atoms with Gasteiger partial charge in [0.2, 0.25) is 0 Å². The van der Waals surface area contributed by atoms with Crippen molar-refractivity contribution in [2.45, 2.75) is 32.3 Å². The van der Waals surface area contributed by atoms with Crippen molar-refractivity contribution in [2.75, 3.05) is 20.3 Å². The Balaban J connectivity index is 2.09. The molecule has 0 aliphatic rings. The summed E-state index contributed by atoms with van der Waals surface area (Å²) in [6.07, 6.45) is 4.65. The summed E-state index contributed by atoms with van der Waals surface area (Å²) in [4.78, 5) is 0. The summed E-state index contributed by atoms with van der Waals surface area (Å²) in [6, 6.07) is 7.99. The molecular formula is C14H23NO2. The van der Waals surface area contributed by atoms with E-state index in [9.17, 15) is 0 Å². The maximum atomic E-state index is 5.61. The number of hydrogen-bond donors (Lipinski definition) is 1. The maximum absolute atomic E-state index is 5.61. The lowest BCUT2D eigenvalue weighted by molar-refractivity contribution is 0.116. The molecule has 0 bridgehead atoms. The third-order valence-electron chi connectivity index (χ3n) is 2.65. The van der Waals surface area contributed by atoms with Crippen molar-refractivity contribution in [2.24, 2.45) is 5.73 Å². The van der Waals surface area contributed by atoms with Crippen molar-refractivity contribution in [3.63, 3.8) is 0 Å². The molecule has 0 heterocycles. The fourth-order valence-electron chi connectivity index (χ4n) is 1.65. The summed E-state index contributed by atoms with van der Waals surface area (Å²) in [6.45, 7) is 2.28. The Morgan fingerprint density at radius 1 is 1.12 bits per heavy atom. The van der Waals surface area contributed by atoms with E-state index in [1.807, 2.05) is 18.2 Å². The second kappa shape index (κ2) is 9.02. The third-order valence-corrected chi connectivity index (χ3v) is 2.65. The first-order valence-corrected chi connectivity index (χ1v) is 6.27. The molecule has 3 heteroatoms. The molecule has 1 aromatic rings. The fourth-order valence-corrected chi connectivity index (χ4v) is 1.65. The largest absolute Gasteiger partial charge is 0.497 e. The predicted octanol–water partition coefficient (Wildman–Crippen LogP) is 2.73. The predicted molar refractivity (Wildman–Crippen MR) is 70.2 cm³/mol. The molecule has 0 unspecified atom stereocenters. The average molecular weight is 237 g/mol. The van der Waals surface area contributed by atoms with Gasteiger partial charge in [0.15, 0.2) is 0 Å². The normalized spacial score (nSPS) is 10.5. The quantitative estimate of drug-likeness (QED) is 0.672. The molecule has 0 radical (unpaired) electrons. The van der Waals surface area contributed by atoms with Gasteiger partial charge in [0.25, 0.3) is 0 Å². The van der Waals surface area contributed by atoms with Crippen LogP contribution in [0.5, 0.6) is 5.75 Å². The van der Waals surface area contributed by atoms with Crippen LogP contribution in [0, 0.1) is 0 Å². The van der Waals surface area contributed by atoms with Crippen LogP contribution in [0.4, 0.5) is 0 Å². The molecule has 96 valence electrons. The highest BCUT2D eigenvalue weighted by molar-refractivity contribution is 5.27. The summed E-state index contributed by atoms with van der Waals surface area (Å²) < 4.78 is 10.8. The van der Waals surface area contributed by atoms with Crippen molar-refractivity contribution in [3.05, 3.63) is 29.8 Å². The summed E-state index contributed by atoms with van der Waals surface area (Å²) in [5, 5.41) is 0. The van der Waals surface area contributed by atoms with Gasteiger partial charge >= 0.3 is 0 Å². The van der Waals surface area contributed by atoms with Crippen molar-refractivity contribution in [1.29, 1.82) is 0 Å². The van der Waals surface area contributed by atoms with E-state index < -0.39 is 0 Å². The molecule has 2 N–H and O–H groups in total. The van der Waals surface area contributed by atoms with E-state index >= 15 is 0 Å². The second-order valence-corrected chi connectivity index (χ2v) is 4.11. The van der Waals surface area contributed by atoms with Crippen LogP contribution in [-0.2, 0) is 11.3 Å². The van der Waals surface area contributed by atoms with E-state index in [1.165, 1.54) is 12.8 Å². The highest BCUT2D eigenvalue weighted by Gasteiger charge is 1.96. The molecule has 0 aliphatic carbocycles. The first-order chi connectivity index (χ1) is 8.36. The highest BCUT2D eigenvalue weighted by atomic mass is 16.5. The number of unbranched alkanes of at least 4 members (excludes halogenated alkanes) is 3. The van der Waals surface area contributed by atoms with E-state index in [0.717, 1.165) is 37.3 Å². The number of hydrogen-bond acceptors (Lipinski definition) is 3. The van der Waals surface area contributed by atoms with Gasteiger partial charge < -0.3 is 15.2 Å². The van der Waals surface area contributed by atoms with E-state index in [4.69, 9.17) is 15.2 Å². The van der Waals surface area contributed by atoms with Crippen LogP contribution in [-0.4, -0.2) is 20.3 Å². The average Bonchev–Trinajstić information content (AvgIpc) is 2.38. The molecular weight excluding hydrogens is 214 g/mol. The Hall–Kier alpha value is -1.06. The third kappa shape index (κ3) is 6.29. The van der Waals surface area contributed by atoms with Crippen molar-refractivity contribution >= 4 is 0 Å². The molecule has 0 aliphatic heterocycles. The lowest BCUT2D eigenvalue weighted by Gasteiger charge is -2.06. The van der Waals surface area contributed by atoms with E-state index in [2.05, 4.69) is 6.07 Å². The molecule has 0 aromatic heterocycles. The first kappa shape index (κ1) is 14.0.